The van der Waals surface area contributed by atoms with Crippen LogP contribution in [0.5, 0.6) is 0 Å². The Kier molecular flexibility index (Phi) is 2.23. The molecule has 0 atom stereocenters. The van der Waals surface area contributed by atoms with Gasteiger partial charge in [0.25, 0.3) is 0 Å². The lowest BCUT2D eigenvalue weighted by atomic mass is 10.1. The van der Waals surface area contributed by atoms with E-state index in [-0.39, 0.29) is 5.82 Å². The van der Waals surface area contributed by atoms with Crippen LogP contribution in [-0.4, -0.2) is 9.97 Å². The van der Waals surface area contributed by atoms with E-state index in [9.17, 15) is 4.39 Å². The standard InChI is InChI=1S/C11H9FN2/c1-8-5-11(14-7-10(8)12)9-3-2-4-13-6-9/h2-7H,1H3. The van der Waals surface area contributed by atoms with Crippen molar-refractivity contribution in [3.63, 3.8) is 0 Å². The van der Waals surface area contributed by atoms with Gasteiger partial charge in [0.05, 0.1) is 11.9 Å². The van der Waals surface area contributed by atoms with Crippen LogP contribution in [0.15, 0.2) is 36.8 Å². The first-order chi connectivity index (χ1) is 6.77. The van der Waals surface area contributed by atoms with Gasteiger partial charge in [0.15, 0.2) is 0 Å². The van der Waals surface area contributed by atoms with Gasteiger partial charge in [0, 0.05) is 18.0 Å². The Morgan fingerprint density at radius 1 is 1.29 bits per heavy atom. The smallest absolute Gasteiger partial charge is 0.144 e. The molecule has 2 aromatic heterocycles. The highest BCUT2D eigenvalue weighted by Crippen LogP contribution is 2.17. The van der Waals surface area contributed by atoms with Crippen LogP contribution in [0.2, 0.25) is 0 Å². The molecule has 0 amide bonds. The molecule has 0 saturated heterocycles. The second kappa shape index (κ2) is 3.54. The molecule has 0 radical (unpaired) electrons. The molecular formula is C11H9FN2. The maximum atomic E-state index is 12.9. The zero-order chi connectivity index (χ0) is 9.97. The molecule has 0 N–H and O–H groups in total. The van der Waals surface area contributed by atoms with Crippen LogP contribution in [-0.2, 0) is 0 Å². The summed E-state index contributed by atoms with van der Waals surface area (Å²) in [6.45, 7) is 1.72. The molecule has 2 heterocycles. The highest BCUT2D eigenvalue weighted by Gasteiger charge is 2.02. The molecule has 2 nitrogen and oxygen atoms in total. The summed E-state index contributed by atoms with van der Waals surface area (Å²) in [5.41, 5.74) is 2.24. The van der Waals surface area contributed by atoms with Crippen molar-refractivity contribution in [1.29, 1.82) is 0 Å². The summed E-state index contributed by atoms with van der Waals surface area (Å²) in [4.78, 5) is 7.97. The zero-order valence-electron chi connectivity index (χ0n) is 7.74. The Bertz CT molecular complexity index is 440. The lowest BCUT2D eigenvalue weighted by molar-refractivity contribution is 0.612. The van der Waals surface area contributed by atoms with Crippen molar-refractivity contribution in [2.45, 2.75) is 6.92 Å². The fourth-order valence-corrected chi connectivity index (χ4v) is 1.21. The molecule has 2 aromatic rings. The Hall–Kier alpha value is -1.77. The lowest BCUT2D eigenvalue weighted by Gasteiger charge is -2.01. The van der Waals surface area contributed by atoms with Gasteiger partial charge in [-0.05, 0) is 30.7 Å². The molecule has 70 valence electrons. The molecule has 0 unspecified atom stereocenters. The zero-order valence-corrected chi connectivity index (χ0v) is 7.74. The average Bonchev–Trinajstić information content (AvgIpc) is 2.23. The fourth-order valence-electron chi connectivity index (χ4n) is 1.21. The fraction of sp³-hybridized carbons (Fsp3) is 0.0909. The molecule has 0 spiro atoms. The van der Waals surface area contributed by atoms with Gasteiger partial charge in [0.2, 0.25) is 0 Å². The van der Waals surface area contributed by atoms with E-state index in [1.165, 1.54) is 6.20 Å². The van der Waals surface area contributed by atoms with Gasteiger partial charge in [-0.2, -0.15) is 0 Å². The highest BCUT2D eigenvalue weighted by molar-refractivity contribution is 5.58. The van der Waals surface area contributed by atoms with Gasteiger partial charge >= 0.3 is 0 Å². The van der Waals surface area contributed by atoms with Gasteiger partial charge in [-0.3, -0.25) is 9.97 Å². The number of halogens is 1. The second-order valence-electron chi connectivity index (χ2n) is 3.06. The van der Waals surface area contributed by atoms with Gasteiger partial charge in [0.1, 0.15) is 5.82 Å². The third kappa shape index (κ3) is 1.62. The number of aryl methyl sites for hydroxylation is 1. The van der Waals surface area contributed by atoms with Crippen LogP contribution >= 0.6 is 0 Å². The molecular weight excluding hydrogens is 179 g/mol. The summed E-state index contributed by atoms with van der Waals surface area (Å²) in [5.74, 6) is -0.280. The first-order valence-corrected chi connectivity index (χ1v) is 4.30. The predicted octanol–water partition coefficient (Wildman–Crippen LogP) is 2.59. The number of pyridine rings is 2. The maximum Gasteiger partial charge on any atom is 0.144 e. The van der Waals surface area contributed by atoms with E-state index >= 15 is 0 Å². The summed E-state index contributed by atoms with van der Waals surface area (Å²) in [6, 6.07) is 5.44. The summed E-state index contributed by atoms with van der Waals surface area (Å²) < 4.78 is 12.9. The molecule has 0 aliphatic carbocycles. The van der Waals surface area contributed by atoms with Gasteiger partial charge in [-0.1, -0.05) is 0 Å². The summed E-state index contributed by atoms with van der Waals surface area (Å²) >= 11 is 0. The predicted molar refractivity (Wildman–Crippen MR) is 52.2 cm³/mol. The Labute approximate surface area is 81.5 Å². The first-order valence-electron chi connectivity index (χ1n) is 4.30. The molecule has 0 saturated carbocycles. The van der Waals surface area contributed by atoms with E-state index in [0.717, 1.165) is 11.3 Å². The molecule has 14 heavy (non-hydrogen) atoms. The van der Waals surface area contributed by atoms with E-state index in [4.69, 9.17) is 0 Å². The Balaban J connectivity index is 2.48. The minimum absolute atomic E-state index is 0.280. The topological polar surface area (TPSA) is 25.8 Å². The van der Waals surface area contributed by atoms with Crippen LogP contribution in [0.4, 0.5) is 4.39 Å². The quantitative estimate of drug-likeness (QED) is 0.687. The lowest BCUT2D eigenvalue weighted by Crippen LogP contribution is -1.89. The molecule has 3 heteroatoms. The number of hydrogen-bond donors (Lipinski definition) is 0. The van der Waals surface area contributed by atoms with Crippen LogP contribution < -0.4 is 0 Å². The van der Waals surface area contributed by atoms with Crippen molar-refractivity contribution in [2.75, 3.05) is 0 Å². The van der Waals surface area contributed by atoms with Gasteiger partial charge in [-0.15, -0.1) is 0 Å². The van der Waals surface area contributed by atoms with Crippen LogP contribution in [0.3, 0.4) is 0 Å². The third-order valence-corrected chi connectivity index (χ3v) is 2.00. The molecule has 2 rings (SSSR count). The van der Waals surface area contributed by atoms with Crippen molar-refractivity contribution >= 4 is 0 Å². The Morgan fingerprint density at radius 2 is 2.14 bits per heavy atom. The van der Waals surface area contributed by atoms with Gasteiger partial charge in [-0.25, -0.2) is 4.39 Å². The van der Waals surface area contributed by atoms with Crippen molar-refractivity contribution in [2.24, 2.45) is 0 Å². The molecule has 0 bridgehead atoms. The van der Waals surface area contributed by atoms with E-state index in [1.54, 1.807) is 25.4 Å². The molecule has 0 aliphatic rings. The monoisotopic (exact) mass is 188 g/mol. The van der Waals surface area contributed by atoms with Crippen LogP contribution in [0, 0.1) is 12.7 Å². The average molecular weight is 188 g/mol. The van der Waals surface area contributed by atoms with Gasteiger partial charge < -0.3 is 0 Å². The number of hydrogen-bond acceptors (Lipinski definition) is 2. The van der Waals surface area contributed by atoms with Crippen molar-refractivity contribution in [1.82, 2.24) is 9.97 Å². The summed E-state index contributed by atoms with van der Waals surface area (Å²) in [6.07, 6.45) is 4.64. The number of nitrogens with zero attached hydrogens (tertiary/aromatic N) is 2. The second-order valence-corrected chi connectivity index (χ2v) is 3.06. The van der Waals surface area contributed by atoms with E-state index in [0.29, 0.717) is 5.56 Å². The molecule has 0 aliphatic heterocycles. The Morgan fingerprint density at radius 3 is 2.79 bits per heavy atom. The molecule has 0 fully saturated rings. The van der Waals surface area contributed by atoms with Crippen molar-refractivity contribution in [3.05, 3.63) is 48.2 Å². The summed E-state index contributed by atoms with van der Waals surface area (Å²) in [5, 5.41) is 0. The normalized spacial score (nSPS) is 10.1. The third-order valence-electron chi connectivity index (χ3n) is 2.00. The summed E-state index contributed by atoms with van der Waals surface area (Å²) in [7, 11) is 0. The van der Waals surface area contributed by atoms with Crippen molar-refractivity contribution in [3.8, 4) is 11.3 Å². The minimum atomic E-state index is -0.280. The maximum absolute atomic E-state index is 12.9. The van der Waals surface area contributed by atoms with Crippen LogP contribution in [0.25, 0.3) is 11.3 Å². The SMILES string of the molecule is Cc1cc(-c2cccnc2)ncc1F. The highest BCUT2D eigenvalue weighted by atomic mass is 19.1. The largest absolute Gasteiger partial charge is 0.264 e. The first kappa shape index (κ1) is 8.81. The number of rotatable bonds is 1. The number of aromatic nitrogens is 2. The van der Waals surface area contributed by atoms with E-state index in [1.807, 2.05) is 12.1 Å². The minimum Gasteiger partial charge on any atom is -0.264 e. The van der Waals surface area contributed by atoms with Crippen LogP contribution in [0.1, 0.15) is 5.56 Å². The molecule has 0 aromatic carbocycles. The van der Waals surface area contributed by atoms with E-state index in [2.05, 4.69) is 9.97 Å². The van der Waals surface area contributed by atoms with E-state index < -0.39 is 0 Å². The van der Waals surface area contributed by atoms with Crippen molar-refractivity contribution < 1.29 is 4.39 Å².